The first kappa shape index (κ1) is 17.0. The Bertz CT molecular complexity index is 563. The van der Waals surface area contributed by atoms with Crippen LogP contribution in [0.15, 0.2) is 24.3 Å². The topological polar surface area (TPSA) is 44.8 Å². The number of amides is 2. The van der Waals surface area contributed by atoms with E-state index in [9.17, 15) is 9.18 Å². The monoisotopic (exact) mass is 335 g/mol. The van der Waals surface area contributed by atoms with Crippen LogP contribution in [0, 0.1) is 5.82 Å². The Morgan fingerprint density at radius 2 is 2.08 bits per heavy atom. The summed E-state index contributed by atoms with van der Waals surface area (Å²) in [6, 6.07) is 6.76. The molecule has 6 heteroatoms. The largest absolute Gasteiger partial charge is 0.486 e. The second-order valence-electron chi connectivity index (χ2n) is 6.68. The van der Waals surface area contributed by atoms with Crippen LogP contribution in [-0.2, 0) is 0 Å². The number of halogens is 1. The van der Waals surface area contributed by atoms with Gasteiger partial charge in [0, 0.05) is 19.1 Å². The molecule has 0 unspecified atom stereocenters. The van der Waals surface area contributed by atoms with Gasteiger partial charge in [0.05, 0.1) is 6.54 Å². The number of hydrogen-bond acceptors (Lipinski definition) is 3. The first-order valence-corrected chi connectivity index (χ1v) is 8.81. The highest BCUT2D eigenvalue weighted by Crippen LogP contribution is 2.20. The molecule has 132 valence electrons. The highest BCUT2D eigenvalue weighted by atomic mass is 19.1. The zero-order valence-electron chi connectivity index (χ0n) is 14.2. The second kappa shape index (κ2) is 7.83. The molecule has 2 heterocycles. The van der Waals surface area contributed by atoms with Crippen LogP contribution in [0.3, 0.4) is 0 Å². The molecular formula is C18H26FN3O2. The Morgan fingerprint density at radius 1 is 1.33 bits per heavy atom. The molecule has 2 atom stereocenters. The van der Waals surface area contributed by atoms with Gasteiger partial charge in [0.15, 0.2) is 11.6 Å². The number of ether oxygens (including phenoxy) is 1. The van der Waals surface area contributed by atoms with Crippen LogP contribution >= 0.6 is 0 Å². The maximum Gasteiger partial charge on any atom is 0.317 e. The van der Waals surface area contributed by atoms with Gasteiger partial charge in [0.25, 0.3) is 0 Å². The Labute approximate surface area is 142 Å². The zero-order valence-corrected chi connectivity index (χ0v) is 14.2. The molecule has 3 rings (SSSR count). The van der Waals surface area contributed by atoms with Gasteiger partial charge in [-0.05, 0) is 51.4 Å². The summed E-state index contributed by atoms with van der Waals surface area (Å²) in [6.07, 6.45) is 3.30. The van der Waals surface area contributed by atoms with Gasteiger partial charge in [0.2, 0.25) is 0 Å². The van der Waals surface area contributed by atoms with Crippen LogP contribution in [0.25, 0.3) is 0 Å². The van der Waals surface area contributed by atoms with Crippen LogP contribution in [0.4, 0.5) is 9.18 Å². The van der Waals surface area contributed by atoms with E-state index < -0.39 is 0 Å². The lowest BCUT2D eigenvalue weighted by molar-refractivity contribution is 0.181. The summed E-state index contributed by atoms with van der Waals surface area (Å²) in [4.78, 5) is 16.7. The Kier molecular flexibility index (Phi) is 5.56. The van der Waals surface area contributed by atoms with Crippen LogP contribution in [0.5, 0.6) is 5.75 Å². The molecule has 0 saturated carbocycles. The first-order chi connectivity index (χ1) is 11.6. The SMILES string of the molecule is C[C@@H](CNC(=O)N1CC[C@@H](N2CCCC2)C1)Oc1ccccc1F. The number of urea groups is 1. The number of nitrogens with one attached hydrogen (secondary N) is 1. The van der Waals surface area contributed by atoms with E-state index in [1.807, 2.05) is 11.8 Å². The summed E-state index contributed by atoms with van der Waals surface area (Å²) in [7, 11) is 0. The highest BCUT2D eigenvalue weighted by molar-refractivity contribution is 5.74. The Balaban J connectivity index is 1.41. The zero-order chi connectivity index (χ0) is 16.9. The summed E-state index contributed by atoms with van der Waals surface area (Å²) in [5.74, 6) is -0.168. The fourth-order valence-electron chi connectivity index (χ4n) is 3.47. The highest BCUT2D eigenvalue weighted by Gasteiger charge is 2.31. The predicted octanol–water partition coefficient (Wildman–Crippen LogP) is 2.47. The van der Waals surface area contributed by atoms with Gasteiger partial charge in [-0.15, -0.1) is 0 Å². The maximum atomic E-state index is 13.6. The second-order valence-corrected chi connectivity index (χ2v) is 6.68. The van der Waals surface area contributed by atoms with Crippen molar-refractivity contribution in [3.05, 3.63) is 30.1 Å². The van der Waals surface area contributed by atoms with Crippen molar-refractivity contribution in [2.75, 3.05) is 32.7 Å². The average molecular weight is 335 g/mol. The lowest BCUT2D eigenvalue weighted by Gasteiger charge is -2.24. The number of carbonyl (C=O) groups excluding carboxylic acids is 1. The van der Waals surface area contributed by atoms with Gasteiger partial charge in [-0.2, -0.15) is 0 Å². The number of para-hydroxylation sites is 1. The molecule has 2 saturated heterocycles. The third-order valence-corrected chi connectivity index (χ3v) is 4.81. The summed E-state index contributed by atoms with van der Waals surface area (Å²) in [5.41, 5.74) is 0. The van der Waals surface area contributed by atoms with Gasteiger partial charge in [-0.25, -0.2) is 9.18 Å². The van der Waals surface area contributed by atoms with E-state index >= 15 is 0 Å². The lowest BCUT2D eigenvalue weighted by atomic mass is 10.2. The molecule has 0 aromatic heterocycles. The summed E-state index contributed by atoms with van der Waals surface area (Å²) >= 11 is 0. The van der Waals surface area contributed by atoms with E-state index in [2.05, 4.69) is 10.2 Å². The molecule has 1 aromatic rings. The molecule has 2 amide bonds. The Morgan fingerprint density at radius 3 is 2.83 bits per heavy atom. The van der Waals surface area contributed by atoms with E-state index in [1.54, 1.807) is 18.2 Å². The molecule has 2 aliphatic rings. The van der Waals surface area contributed by atoms with Crippen LogP contribution < -0.4 is 10.1 Å². The third-order valence-electron chi connectivity index (χ3n) is 4.81. The van der Waals surface area contributed by atoms with Crippen molar-refractivity contribution < 1.29 is 13.9 Å². The molecule has 0 aliphatic carbocycles. The van der Waals surface area contributed by atoms with Crippen LogP contribution in [0.2, 0.25) is 0 Å². The molecular weight excluding hydrogens is 309 g/mol. The molecule has 0 radical (unpaired) electrons. The molecule has 1 N–H and O–H groups in total. The smallest absolute Gasteiger partial charge is 0.317 e. The van der Waals surface area contributed by atoms with E-state index in [0.29, 0.717) is 12.6 Å². The van der Waals surface area contributed by atoms with Crippen molar-refractivity contribution >= 4 is 6.03 Å². The van der Waals surface area contributed by atoms with Gasteiger partial charge in [-0.3, -0.25) is 4.90 Å². The minimum Gasteiger partial charge on any atom is -0.486 e. The van der Waals surface area contributed by atoms with Gasteiger partial charge >= 0.3 is 6.03 Å². The number of carbonyl (C=O) groups is 1. The lowest BCUT2D eigenvalue weighted by Crippen LogP contribution is -2.44. The quantitative estimate of drug-likeness (QED) is 0.899. The van der Waals surface area contributed by atoms with E-state index in [1.165, 1.54) is 18.9 Å². The van der Waals surface area contributed by atoms with Crippen molar-refractivity contribution in [3.63, 3.8) is 0 Å². The standard InChI is InChI=1S/C18H26FN3O2/c1-14(24-17-7-3-2-6-16(17)19)12-20-18(23)22-11-8-15(13-22)21-9-4-5-10-21/h2-3,6-7,14-15H,4-5,8-13H2,1H3,(H,20,23)/t14-,15+/m0/s1. The first-order valence-electron chi connectivity index (χ1n) is 8.81. The fraction of sp³-hybridized carbons (Fsp3) is 0.611. The molecule has 2 aliphatic heterocycles. The third kappa shape index (κ3) is 4.17. The minimum absolute atomic E-state index is 0.0549. The molecule has 5 nitrogen and oxygen atoms in total. The van der Waals surface area contributed by atoms with Crippen molar-refractivity contribution in [3.8, 4) is 5.75 Å². The van der Waals surface area contributed by atoms with Gasteiger partial charge < -0.3 is 15.0 Å². The van der Waals surface area contributed by atoms with E-state index in [0.717, 1.165) is 32.6 Å². The van der Waals surface area contributed by atoms with Crippen molar-refractivity contribution in [2.24, 2.45) is 0 Å². The predicted molar refractivity (Wildman–Crippen MR) is 90.7 cm³/mol. The summed E-state index contributed by atoms with van der Waals surface area (Å²) in [5, 5.41) is 2.90. The number of rotatable bonds is 5. The normalized spacial score (nSPS) is 22.6. The van der Waals surface area contributed by atoms with Crippen LogP contribution in [-0.4, -0.2) is 60.7 Å². The molecule has 1 aromatic carbocycles. The van der Waals surface area contributed by atoms with Crippen LogP contribution in [0.1, 0.15) is 26.2 Å². The van der Waals surface area contributed by atoms with Crippen molar-refractivity contribution in [1.82, 2.24) is 15.1 Å². The molecule has 24 heavy (non-hydrogen) atoms. The minimum atomic E-state index is -0.385. The number of nitrogens with zero attached hydrogens (tertiary/aromatic N) is 2. The number of benzene rings is 1. The van der Waals surface area contributed by atoms with Gasteiger partial charge in [-0.1, -0.05) is 12.1 Å². The van der Waals surface area contributed by atoms with Gasteiger partial charge in [0.1, 0.15) is 6.10 Å². The molecule has 0 spiro atoms. The average Bonchev–Trinajstić information content (AvgIpc) is 3.25. The molecule has 2 fully saturated rings. The Hall–Kier alpha value is -1.82. The summed E-state index contributed by atoms with van der Waals surface area (Å²) in [6.45, 7) is 6.10. The van der Waals surface area contributed by atoms with E-state index in [4.69, 9.17) is 4.74 Å². The summed E-state index contributed by atoms with van der Waals surface area (Å²) < 4.78 is 19.1. The number of hydrogen-bond donors (Lipinski definition) is 1. The van der Waals surface area contributed by atoms with E-state index in [-0.39, 0.29) is 23.7 Å². The maximum absolute atomic E-state index is 13.6. The fourth-order valence-corrected chi connectivity index (χ4v) is 3.47. The number of likely N-dealkylation sites (tertiary alicyclic amines) is 2. The van der Waals surface area contributed by atoms with Crippen molar-refractivity contribution in [2.45, 2.75) is 38.3 Å². The van der Waals surface area contributed by atoms with Crippen molar-refractivity contribution in [1.29, 1.82) is 0 Å². The molecule has 0 bridgehead atoms.